The number of amides is 1. The summed E-state index contributed by atoms with van der Waals surface area (Å²) in [5.41, 5.74) is 5.88. The highest BCUT2D eigenvalue weighted by molar-refractivity contribution is 5.76. The van der Waals surface area contributed by atoms with E-state index in [9.17, 15) is 4.79 Å². The maximum atomic E-state index is 11.7. The number of para-hydroxylation sites is 2. The van der Waals surface area contributed by atoms with Crippen LogP contribution in [0.3, 0.4) is 0 Å². The average molecular weight is 266 g/mol. The summed E-state index contributed by atoms with van der Waals surface area (Å²) in [4.78, 5) is 11.7. The van der Waals surface area contributed by atoms with Crippen molar-refractivity contribution in [1.82, 2.24) is 5.32 Å². The quantitative estimate of drug-likeness (QED) is 0.650. The molecule has 19 heavy (non-hydrogen) atoms. The topological polar surface area (TPSA) is 84.6 Å². The third-order valence-corrected chi connectivity index (χ3v) is 2.72. The van der Waals surface area contributed by atoms with Crippen molar-refractivity contribution in [3.05, 3.63) is 24.3 Å². The molecule has 5 nitrogen and oxygen atoms in total. The lowest BCUT2D eigenvalue weighted by Gasteiger charge is -2.25. The Labute approximate surface area is 113 Å². The Balaban J connectivity index is 2.33. The van der Waals surface area contributed by atoms with Gasteiger partial charge in [0.15, 0.2) is 0 Å². The maximum Gasteiger partial charge on any atom is 0.223 e. The molecule has 0 unspecified atom stereocenters. The Kier molecular flexibility index (Phi) is 5.63. The molecule has 0 saturated carbocycles. The fraction of sp³-hybridized carbons (Fsp3) is 0.500. The summed E-state index contributed by atoms with van der Waals surface area (Å²) in [5.74, 6) is 0.484. The first kappa shape index (κ1) is 15.3. The number of anilines is 1. The van der Waals surface area contributed by atoms with Crippen molar-refractivity contribution < 1.29 is 14.6 Å². The summed E-state index contributed by atoms with van der Waals surface area (Å²) >= 11 is 0. The minimum Gasteiger partial charge on any atom is -0.491 e. The molecule has 0 heterocycles. The predicted octanol–water partition coefficient (Wildman–Crippen LogP) is 1.31. The largest absolute Gasteiger partial charge is 0.491 e. The number of nitrogens with two attached hydrogens (primary N) is 1. The molecular formula is C14H22N2O3. The second kappa shape index (κ2) is 6.99. The zero-order valence-electron chi connectivity index (χ0n) is 11.5. The number of hydrogen-bond acceptors (Lipinski definition) is 4. The first-order valence-electron chi connectivity index (χ1n) is 6.34. The van der Waals surface area contributed by atoms with Crippen LogP contribution in [-0.2, 0) is 4.79 Å². The van der Waals surface area contributed by atoms with E-state index in [0.717, 1.165) is 0 Å². The minimum atomic E-state index is -0.405. The van der Waals surface area contributed by atoms with Gasteiger partial charge in [0.05, 0.1) is 18.7 Å². The van der Waals surface area contributed by atoms with Crippen molar-refractivity contribution in [2.45, 2.75) is 32.2 Å². The van der Waals surface area contributed by atoms with Crippen molar-refractivity contribution in [3.8, 4) is 5.75 Å². The van der Waals surface area contributed by atoms with Crippen molar-refractivity contribution in [2.24, 2.45) is 0 Å². The number of rotatable bonds is 7. The van der Waals surface area contributed by atoms with E-state index in [1.807, 2.05) is 26.0 Å². The van der Waals surface area contributed by atoms with Gasteiger partial charge in [0.25, 0.3) is 0 Å². The molecule has 0 saturated heterocycles. The summed E-state index contributed by atoms with van der Waals surface area (Å²) in [5, 5.41) is 11.7. The SMILES string of the molecule is CC(C)(CCO)NC(=O)CCOc1ccccc1N. The van der Waals surface area contributed by atoms with Crippen LogP contribution in [0.2, 0.25) is 0 Å². The van der Waals surface area contributed by atoms with Crippen LogP contribution < -0.4 is 15.8 Å². The Morgan fingerprint density at radius 1 is 1.42 bits per heavy atom. The molecule has 0 bridgehead atoms. The molecule has 1 rings (SSSR count). The van der Waals surface area contributed by atoms with Crippen LogP contribution in [0.4, 0.5) is 5.69 Å². The van der Waals surface area contributed by atoms with Gasteiger partial charge in [-0.2, -0.15) is 0 Å². The molecule has 0 fully saturated rings. The molecule has 5 heteroatoms. The van der Waals surface area contributed by atoms with Gasteiger partial charge in [-0.05, 0) is 32.4 Å². The highest BCUT2D eigenvalue weighted by Crippen LogP contribution is 2.19. The molecule has 0 aliphatic rings. The van der Waals surface area contributed by atoms with E-state index < -0.39 is 5.54 Å². The lowest BCUT2D eigenvalue weighted by atomic mass is 10.0. The van der Waals surface area contributed by atoms with Crippen molar-refractivity contribution in [1.29, 1.82) is 0 Å². The van der Waals surface area contributed by atoms with Crippen molar-refractivity contribution in [2.75, 3.05) is 18.9 Å². The molecule has 0 spiro atoms. The van der Waals surface area contributed by atoms with Gasteiger partial charge < -0.3 is 20.9 Å². The summed E-state index contributed by atoms with van der Waals surface area (Å²) in [6, 6.07) is 7.17. The van der Waals surface area contributed by atoms with Crippen LogP contribution in [0.15, 0.2) is 24.3 Å². The summed E-state index contributed by atoms with van der Waals surface area (Å²) < 4.78 is 5.45. The number of nitrogen functional groups attached to an aromatic ring is 1. The smallest absolute Gasteiger partial charge is 0.223 e. The molecule has 0 aliphatic heterocycles. The monoisotopic (exact) mass is 266 g/mol. The summed E-state index contributed by atoms with van der Waals surface area (Å²) in [6.45, 7) is 4.06. The van der Waals surface area contributed by atoms with E-state index in [4.69, 9.17) is 15.6 Å². The molecular weight excluding hydrogens is 244 g/mol. The Morgan fingerprint density at radius 3 is 2.74 bits per heavy atom. The molecule has 0 atom stereocenters. The van der Waals surface area contributed by atoms with Crippen LogP contribution in [0, 0.1) is 0 Å². The van der Waals surface area contributed by atoms with Crippen LogP contribution in [0.5, 0.6) is 5.75 Å². The van der Waals surface area contributed by atoms with Crippen LogP contribution in [-0.4, -0.2) is 29.8 Å². The predicted molar refractivity (Wildman–Crippen MR) is 74.9 cm³/mol. The highest BCUT2D eigenvalue weighted by atomic mass is 16.5. The first-order chi connectivity index (χ1) is 8.94. The molecule has 1 aromatic carbocycles. The van der Waals surface area contributed by atoms with E-state index >= 15 is 0 Å². The standard InChI is InChI=1S/C14H22N2O3/c1-14(2,8-9-17)16-13(18)7-10-19-12-6-4-3-5-11(12)15/h3-6,17H,7-10,15H2,1-2H3,(H,16,18). The Bertz CT molecular complexity index is 419. The number of ether oxygens (including phenoxy) is 1. The maximum absolute atomic E-state index is 11.7. The highest BCUT2D eigenvalue weighted by Gasteiger charge is 2.19. The van der Waals surface area contributed by atoms with E-state index in [0.29, 0.717) is 17.9 Å². The second-order valence-corrected chi connectivity index (χ2v) is 5.04. The number of carbonyl (C=O) groups excluding carboxylic acids is 1. The van der Waals surface area contributed by atoms with Gasteiger partial charge in [-0.3, -0.25) is 4.79 Å². The van der Waals surface area contributed by atoms with Gasteiger partial charge in [0.1, 0.15) is 5.75 Å². The van der Waals surface area contributed by atoms with E-state index in [1.165, 1.54) is 0 Å². The number of nitrogens with one attached hydrogen (secondary N) is 1. The molecule has 4 N–H and O–H groups in total. The molecule has 1 amide bonds. The van der Waals surface area contributed by atoms with Gasteiger partial charge in [-0.1, -0.05) is 12.1 Å². The lowest BCUT2D eigenvalue weighted by molar-refractivity contribution is -0.123. The fourth-order valence-corrected chi connectivity index (χ4v) is 1.65. The lowest BCUT2D eigenvalue weighted by Crippen LogP contribution is -2.44. The Morgan fingerprint density at radius 2 is 2.11 bits per heavy atom. The van der Waals surface area contributed by atoms with Crippen molar-refractivity contribution in [3.63, 3.8) is 0 Å². The molecule has 1 aromatic rings. The van der Waals surface area contributed by atoms with Crippen LogP contribution in [0.25, 0.3) is 0 Å². The van der Waals surface area contributed by atoms with Crippen molar-refractivity contribution >= 4 is 11.6 Å². The third-order valence-electron chi connectivity index (χ3n) is 2.72. The summed E-state index contributed by atoms with van der Waals surface area (Å²) in [7, 11) is 0. The second-order valence-electron chi connectivity index (χ2n) is 5.04. The number of aliphatic hydroxyl groups is 1. The third kappa shape index (κ3) is 5.61. The number of aliphatic hydroxyl groups excluding tert-OH is 1. The number of benzene rings is 1. The molecule has 0 aliphatic carbocycles. The zero-order chi connectivity index (χ0) is 14.3. The fourth-order valence-electron chi connectivity index (χ4n) is 1.65. The van der Waals surface area contributed by atoms with E-state index in [2.05, 4.69) is 5.32 Å². The average Bonchev–Trinajstić information content (AvgIpc) is 2.30. The van der Waals surface area contributed by atoms with E-state index in [1.54, 1.807) is 12.1 Å². The molecule has 0 aromatic heterocycles. The minimum absolute atomic E-state index is 0.0460. The van der Waals surface area contributed by atoms with Gasteiger partial charge in [0, 0.05) is 12.1 Å². The normalized spacial score (nSPS) is 11.1. The summed E-state index contributed by atoms with van der Waals surface area (Å²) in [6.07, 6.45) is 0.772. The molecule has 106 valence electrons. The Hall–Kier alpha value is -1.75. The van der Waals surface area contributed by atoms with Crippen LogP contribution in [0.1, 0.15) is 26.7 Å². The van der Waals surface area contributed by atoms with Gasteiger partial charge >= 0.3 is 0 Å². The first-order valence-corrected chi connectivity index (χ1v) is 6.34. The number of carbonyl (C=O) groups is 1. The van der Waals surface area contributed by atoms with Gasteiger partial charge in [0.2, 0.25) is 5.91 Å². The van der Waals surface area contributed by atoms with E-state index in [-0.39, 0.29) is 25.5 Å². The zero-order valence-corrected chi connectivity index (χ0v) is 11.5. The number of hydrogen-bond donors (Lipinski definition) is 3. The van der Waals surface area contributed by atoms with Gasteiger partial charge in [-0.15, -0.1) is 0 Å². The van der Waals surface area contributed by atoms with Crippen LogP contribution >= 0.6 is 0 Å². The molecule has 0 radical (unpaired) electrons. The van der Waals surface area contributed by atoms with Gasteiger partial charge in [-0.25, -0.2) is 0 Å².